The van der Waals surface area contributed by atoms with Crippen LogP contribution in [0.2, 0.25) is 0 Å². The van der Waals surface area contributed by atoms with Crippen LogP contribution in [0.4, 0.5) is 0 Å². The second kappa shape index (κ2) is 7.56. The minimum atomic E-state index is -0.228. The highest BCUT2D eigenvalue weighted by Crippen LogP contribution is 2.89. The van der Waals surface area contributed by atoms with Crippen molar-refractivity contribution in [3.8, 4) is 0 Å². The van der Waals surface area contributed by atoms with E-state index in [0.717, 1.165) is 36.7 Å². The van der Waals surface area contributed by atoms with Gasteiger partial charge in [0.25, 0.3) is 0 Å². The summed E-state index contributed by atoms with van der Waals surface area (Å²) in [4.78, 5) is 4.72. The molecule has 10 unspecified atom stereocenters. The van der Waals surface area contributed by atoms with Crippen molar-refractivity contribution >= 4 is 0 Å². The van der Waals surface area contributed by atoms with Gasteiger partial charge in [0.05, 0.1) is 6.10 Å². The first-order valence-electron chi connectivity index (χ1n) is 14.0. The van der Waals surface area contributed by atoms with Crippen molar-refractivity contribution in [2.75, 3.05) is 0 Å². The van der Waals surface area contributed by atoms with Crippen molar-refractivity contribution in [2.24, 2.45) is 50.7 Å². The van der Waals surface area contributed by atoms with Gasteiger partial charge in [-0.15, -0.1) is 0 Å². The summed E-state index contributed by atoms with van der Waals surface area (Å²) < 4.78 is 0. The van der Waals surface area contributed by atoms with E-state index in [-0.39, 0.29) is 17.6 Å². The van der Waals surface area contributed by atoms with Crippen LogP contribution in [0.25, 0.3) is 0 Å². The largest absolute Gasteiger partial charge is 0.393 e. The molecule has 0 saturated heterocycles. The lowest BCUT2D eigenvalue weighted by atomic mass is 9.41. The molecular formula is C30H50O3. The molecule has 5 rings (SSSR count). The smallest absolute Gasteiger partial charge is 0.113 e. The molecule has 0 aromatic heterocycles. The van der Waals surface area contributed by atoms with Crippen molar-refractivity contribution in [3.05, 3.63) is 12.2 Å². The Morgan fingerprint density at radius 3 is 2.24 bits per heavy atom. The van der Waals surface area contributed by atoms with Crippen molar-refractivity contribution in [1.29, 1.82) is 0 Å². The molecule has 3 nitrogen and oxygen atoms in total. The molecule has 5 saturated carbocycles. The fourth-order valence-corrected chi connectivity index (χ4v) is 11.3. The zero-order valence-electron chi connectivity index (χ0n) is 22.3. The highest BCUT2D eigenvalue weighted by Gasteiger charge is 2.82. The summed E-state index contributed by atoms with van der Waals surface area (Å²) in [6.45, 7) is 18.5. The third-order valence-electron chi connectivity index (χ3n) is 13.4. The van der Waals surface area contributed by atoms with E-state index in [2.05, 4.69) is 41.2 Å². The first-order chi connectivity index (χ1) is 15.4. The Hall–Kier alpha value is -0.380. The SMILES string of the molecule is C=C(C)C(CCC(C)C1CCC2(C)C3CCC4C(C)(C)C(O)CCC45CC35CCC12C)OO. The maximum absolute atomic E-state index is 10.9. The quantitative estimate of drug-likeness (QED) is 0.244. The molecule has 5 aliphatic carbocycles. The van der Waals surface area contributed by atoms with Crippen LogP contribution >= 0.6 is 0 Å². The average molecular weight is 459 g/mol. The lowest BCUT2D eigenvalue weighted by Gasteiger charge is -2.63. The fraction of sp³-hybridized carbons (Fsp3) is 0.933. The summed E-state index contributed by atoms with van der Waals surface area (Å²) in [5.74, 6) is 3.00. The molecule has 0 aromatic carbocycles. The van der Waals surface area contributed by atoms with E-state index in [1.807, 2.05) is 6.92 Å². The van der Waals surface area contributed by atoms with E-state index in [1.165, 1.54) is 51.4 Å². The summed E-state index contributed by atoms with van der Waals surface area (Å²) in [5, 5.41) is 20.1. The fourth-order valence-electron chi connectivity index (χ4n) is 11.3. The number of hydrogen-bond donors (Lipinski definition) is 2. The van der Waals surface area contributed by atoms with E-state index in [4.69, 9.17) is 4.89 Å². The minimum absolute atomic E-state index is 0.0791. The Balaban J connectivity index is 1.37. The van der Waals surface area contributed by atoms with E-state index in [9.17, 15) is 10.4 Å². The van der Waals surface area contributed by atoms with Crippen molar-refractivity contribution in [2.45, 2.75) is 124 Å². The van der Waals surface area contributed by atoms with Gasteiger partial charge in [0.1, 0.15) is 6.10 Å². The van der Waals surface area contributed by atoms with Crippen molar-refractivity contribution in [1.82, 2.24) is 0 Å². The topological polar surface area (TPSA) is 49.7 Å². The van der Waals surface area contributed by atoms with Gasteiger partial charge in [-0.3, -0.25) is 5.26 Å². The minimum Gasteiger partial charge on any atom is -0.393 e. The molecular weight excluding hydrogens is 408 g/mol. The van der Waals surface area contributed by atoms with Gasteiger partial charge in [-0.2, -0.15) is 0 Å². The summed E-state index contributed by atoms with van der Waals surface area (Å²) >= 11 is 0. The van der Waals surface area contributed by atoms with Crippen LogP contribution in [0.15, 0.2) is 12.2 Å². The third kappa shape index (κ3) is 2.97. The standard InChI is InChI=1S/C30H50O3/c1-19(2)22(33-32)9-8-20(3)21-12-14-28(7)24-11-10-23-26(4,5)25(31)13-15-29(23)18-30(24,29)17-16-27(21,28)6/h20-25,31-32H,1,8-18H2,2-7H3. The summed E-state index contributed by atoms with van der Waals surface area (Å²) in [5.41, 5.74) is 2.95. The number of aliphatic hydroxyl groups excluding tert-OH is 1. The van der Waals surface area contributed by atoms with E-state index in [1.54, 1.807) is 0 Å². The second-order valence-corrected chi connectivity index (χ2v) is 14.5. The van der Waals surface area contributed by atoms with Crippen LogP contribution in [-0.4, -0.2) is 22.6 Å². The predicted molar refractivity (Wildman–Crippen MR) is 134 cm³/mol. The molecule has 5 fully saturated rings. The van der Waals surface area contributed by atoms with Gasteiger partial charge in [0.15, 0.2) is 0 Å². The lowest BCUT2D eigenvalue weighted by molar-refractivity contribution is -0.270. The van der Waals surface area contributed by atoms with Gasteiger partial charge in [0, 0.05) is 0 Å². The Labute approximate surface area is 202 Å². The molecule has 0 radical (unpaired) electrons. The summed E-state index contributed by atoms with van der Waals surface area (Å²) in [6.07, 6.45) is 13.6. The van der Waals surface area contributed by atoms with Gasteiger partial charge in [-0.1, -0.05) is 41.2 Å². The van der Waals surface area contributed by atoms with Crippen LogP contribution < -0.4 is 0 Å². The van der Waals surface area contributed by atoms with Gasteiger partial charge in [-0.25, -0.2) is 4.89 Å². The van der Waals surface area contributed by atoms with Gasteiger partial charge < -0.3 is 5.11 Å². The highest BCUT2D eigenvalue weighted by atomic mass is 17.1. The lowest BCUT2D eigenvalue weighted by Crippen LogP contribution is -2.57. The zero-order chi connectivity index (χ0) is 24.0. The highest BCUT2D eigenvalue weighted by molar-refractivity contribution is 5.30. The molecule has 10 atom stereocenters. The van der Waals surface area contributed by atoms with Gasteiger partial charge in [0.2, 0.25) is 0 Å². The molecule has 0 aliphatic heterocycles. The Morgan fingerprint density at radius 1 is 0.909 bits per heavy atom. The van der Waals surface area contributed by atoms with Crippen molar-refractivity contribution < 1.29 is 15.3 Å². The monoisotopic (exact) mass is 458 g/mol. The molecule has 33 heavy (non-hydrogen) atoms. The summed E-state index contributed by atoms with van der Waals surface area (Å²) in [7, 11) is 0. The van der Waals surface area contributed by atoms with Crippen molar-refractivity contribution in [3.63, 3.8) is 0 Å². The molecule has 2 N–H and O–H groups in total. The number of rotatable bonds is 6. The first-order valence-corrected chi connectivity index (χ1v) is 14.0. The molecule has 0 bridgehead atoms. The van der Waals surface area contributed by atoms with E-state index in [0.29, 0.717) is 33.5 Å². The van der Waals surface area contributed by atoms with Crippen LogP contribution in [0.1, 0.15) is 112 Å². The number of hydrogen-bond acceptors (Lipinski definition) is 3. The van der Waals surface area contributed by atoms with Crippen LogP contribution in [0.3, 0.4) is 0 Å². The van der Waals surface area contributed by atoms with Crippen LogP contribution in [0.5, 0.6) is 0 Å². The predicted octanol–water partition coefficient (Wildman–Crippen LogP) is 7.64. The average Bonchev–Trinajstić information content (AvgIpc) is 3.34. The molecule has 2 spiro atoms. The molecule has 0 aromatic rings. The Kier molecular flexibility index (Phi) is 5.57. The third-order valence-corrected chi connectivity index (χ3v) is 13.4. The molecule has 3 heteroatoms. The van der Waals surface area contributed by atoms with Gasteiger partial charge in [-0.05, 0) is 134 Å². The van der Waals surface area contributed by atoms with E-state index >= 15 is 0 Å². The first kappa shape index (κ1) is 24.3. The molecule has 188 valence electrons. The van der Waals surface area contributed by atoms with E-state index < -0.39 is 0 Å². The molecule has 0 amide bonds. The Morgan fingerprint density at radius 2 is 1.58 bits per heavy atom. The molecule has 5 aliphatic rings. The normalized spacial score (nSPS) is 51.5. The van der Waals surface area contributed by atoms with Gasteiger partial charge >= 0.3 is 0 Å². The second-order valence-electron chi connectivity index (χ2n) is 14.5. The van der Waals surface area contributed by atoms with Crippen LogP contribution in [-0.2, 0) is 4.89 Å². The zero-order valence-corrected chi connectivity index (χ0v) is 22.3. The number of aliphatic hydroxyl groups is 1. The summed E-state index contributed by atoms with van der Waals surface area (Å²) in [6, 6.07) is 0. The maximum atomic E-state index is 10.9. The maximum Gasteiger partial charge on any atom is 0.113 e. The van der Waals surface area contributed by atoms with Crippen LogP contribution in [0, 0.1) is 50.7 Å². The Bertz CT molecular complexity index is 804. The number of fused-ring (bicyclic) bond motifs is 2. The molecule has 0 heterocycles.